The standard InChI is InChI=1S/C5H5N5O2/c1-3-2-4(7-12-3)10-5(11)6-8-9-10/h2H,1H3,(H,6,9,11). The molecule has 0 unspecified atom stereocenters. The first-order chi connectivity index (χ1) is 5.77. The third-order valence-corrected chi connectivity index (χ3v) is 1.30. The fourth-order valence-electron chi connectivity index (χ4n) is 0.801. The summed E-state index contributed by atoms with van der Waals surface area (Å²) < 4.78 is 5.76. The predicted octanol–water partition coefficient (Wildman–Crippen LogP) is -0.748. The van der Waals surface area contributed by atoms with E-state index >= 15 is 0 Å². The van der Waals surface area contributed by atoms with E-state index in [0.717, 1.165) is 4.68 Å². The lowest BCUT2D eigenvalue weighted by Gasteiger charge is -1.84. The fourth-order valence-corrected chi connectivity index (χ4v) is 0.801. The minimum absolute atomic E-state index is 0.325. The Morgan fingerprint density at radius 1 is 1.67 bits per heavy atom. The van der Waals surface area contributed by atoms with Gasteiger partial charge in [-0.05, 0) is 17.4 Å². The van der Waals surface area contributed by atoms with Crippen LogP contribution < -0.4 is 5.69 Å². The number of aryl methyl sites for hydroxylation is 1. The van der Waals surface area contributed by atoms with Gasteiger partial charge in [-0.1, -0.05) is 5.16 Å². The summed E-state index contributed by atoms with van der Waals surface area (Å²) in [6, 6.07) is 1.59. The second kappa shape index (κ2) is 2.29. The van der Waals surface area contributed by atoms with Crippen LogP contribution in [-0.4, -0.2) is 25.4 Å². The molecule has 0 aliphatic carbocycles. The molecule has 2 heterocycles. The van der Waals surface area contributed by atoms with Crippen molar-refractivity contribution in [3.63, 3.8) is 0 Å². The Balaban J connectivity index is 2.58. The van der Waals surface area contributed by atoms with E-state index in [1.807, 2.05) is 0 Å². The third-order valence-electron chi connectivity index (χ3n) is 1.30. The van der Waals surface area contributed by atoms with Crippen LogP contribution >= 0.6 is 0 Å². The van der Waals surface area contributed by atoms with E-state index in [2.05, 4.69) is 20.7 Å². The first kappa shape index (κ1) is 6.77. The van der Waals surface area contributed by atoms with Gasteiger partial charge in [0, 0.05) is 6.07 Å². The highest BCUT2D eigenvalue weighted by Crippen LogP contribution is 2.02. The van der Waals surface area contributed by atoms with Gasteiger partial charge in [0.25, 0.3) is 0 Å². The lowest BCUT2D eigenvalue weighted by atomic mass is 10.5. The van der Waals surface area contributed by atoms with Crippen LogP contribution in [0.15, 0.2) is 15.4 Å². The summed E-state index contributed by atoms with van der Waals surface area (Å²) >= 11 is 0. The van der Waals surface area contributed by atoms with Gasteiger partial charge in [0.15, 0.2) is 0 Å². The first-order valence-electron chi connectivity index (χ1n) is 3.21. The maximum absolute atomic E-state index is 10.9. The van der Waals surface area contributed by atoms with E-state index in [-0.39, 0.29) is 0 Å². The number of tetrazole rings is 1. The zero-order valence-electron chi connectivity index (χ0n) is 6.18. The molecule has 0 spiro atoms. The van der Waals surface area contributed by atoms with Crippen molar-refractivity contribution < 1.29 is 4.52 Å². The maximum Gasteiger partial charge on any atom is 0.367 e. The molecular formula is C5H5N5O2. The Hall–Kier alpha value is -1.92. The molecule has 7 nitrogen and oxygen atoms in total. The number of aromatic amines is 1. The third kappa shape index (κ3) is 0.911. The minimum atomic E-state index is -0.441. The Kier molecular flexibility index (Phi) is 1.29. The second-order valence-corrected chi connectivity index (χ2v) is 2.21. The van der Waals surface area contributed by atoms with Gasteiger partial charge in [-0.2, -0.15) is 0 Å². The molecule has 62 valence electrons. The summed E-state index contributed by atoms with van der Waals surface area (Å²) in [6.45, 7) is 1.72. The lowest BCUT2D eigenvalue weighted by Crippen LogP contribution is -2.16. The normalized spacial score (nSPS) is 10.4. The quantitative estimate of drug-likeness (QED) is 0.603. The molecule has 0 aliphatic heterocycles. The molecular weight excluding hydrogens is 162 g/mol. The van der Waals surface area contributed by atoms with Crippen molar-refractivity contribution in [3.05, 3.63) is 22.3 Å². The van der Waals surface area contributed by atoms with Crippen LogP contribution in [0.25, 0.3) is 5.82 Å². The summed E-state index contributed by atoms with van der Waals surface area (Å²) in [4.78, 5) is 10.9. The van der Waals surface area contributed by atoms with E-state index in [4.69, 9.17) is 4.52 Å². The van der Waals surface area contributed by atoms with E-state index in [1.54, 1.807) is 13.0 Å². The molecule has 2 rings (SSSR count). The first-order valence-corrected chi connectivity index (χ1v) is 3.21. The van der Waals surface area contributed by atoms with Gasteiger partial charge < -0.3 is 4.52 Å². The van der Waals surface area contributed by atoms with Gasteiger partial charge >= 0.3 is 5.69 Å². The molecule has 2 aromatic heterocycles. The second-order valence-electron chi connectivity index (χ2n) is 2.21. The molecule has 0 bridgehead atoms. The summed E-state index contributed by atoms with van der Waals surface area (Å²) in [6.07, 6.45) is 0. The van der Waals surface area contributed by atoms with Gasteiger partial charge in [0.2, 0.25) is 5.82 Å². The Morgan fingerprint density at radius 3 is 3.00 bits per heavy atom. The molecule has 0 fully saturated rings. The van der Waals surface area contributed by atoms with Crippen LogP contribution in [0, 0.1) is 6.92 Å². The average molecular weight is 167 g/mol. The SMILES string of the molecule is Cc1cc(-n2nn[nH]c2=O)no1. The van der Waals surface area contributed by atoms with Crippen molar-refractivity contribution in [1.82, 2.24) is 25.4 Å². The van der Waals surface area contributed by atoms with Crippen molar-refractivity contribution in [2.75, 3.05) is 0 Å². The maximum atomic E-state index is 10.9. The zero-order chi connectivity index (χ0) is 8.55. The molecule has 0 aromatic carbocycles. The number of H-pyrrole nitrogens is 1. The molecule has 0 saturated heterocycles. The number of rotatable bonds is 1. The smallest absolute Gasteiger partial charge is 0.359 e. The zero-order valence-corrected chi connectivity index (χ0v) is 6.18. The molecule has 1 N–H and O–H groups in total. The number of hydrogen-bond acceptors (Lipinski definition) is 5. The Bertz CT molecular complexity index is 438. The van der Waals surface area contributed by atoms with Crippen molar-refractivity contribution >= 4 is 0 Å². The molecule has 0 amide bonds. The van der Waals surface area contributed by atoms with Crippen molar-refractivity contribution in [1.29, 1.82) is 0 Å². The minimum Gasteiger partial charge on any atom is -0.359 e. The lowest BCUT2D eigenvalue weighted by molar-refractivity contribution is 0.392. The van der Waals surface area contributed by atoms with Crippen LogP contribution in [0.4, 0.5) is 0 Å². The van der Waals surface area contributed by atoms with E-state index in [1.165, 1.54) is 0 Å². The molecule has 7 heteroatoms. The molecule has 0 saturated carbocycles. The number of nitrogens with zero attached hydrogens (tertiary/aromatic N) is 4. The van der Waals surface area contributed by atoms with Gasteiger partial charge in [0.1, 0.15) is 5.76 Å². The largest absolute Gasteiger partial charge is 0.367 e. The topological polar surface area (TPSA) is 89.6 Å². The van der Waals surface area contributed by atoms with Crippen molar-refractivity contribution in [3.8, 4) is 5.82 Å². The summed E-state index contributed by atoms with van der Waals surface area (Å²) in [5.74, 6) is 0.936. The molecule has 0 atom stereocenters. The van der Waals surface area contributed by atoms with Gasteiger partial charge in [-0.3, -0.25) is 0 Å². The number of aromatic nitrogens is 5. The van der Waals surface area contributed by atoms with Gasteiger partial charge in [0.05, 0.1) is 0 Å². The van der Waals surface area contributed by atoms with Crippen LogP contribution in [-0.2, 0) is 0 Å². The van der Waals surface area contributed by atoms with E-state index in [0.29, 0.717) is 11.6 Å². The van der Waals surface area contributed by atoms with Gasteiger partial charge in [-0.15, -0.1) is 4.68 Å². The van der Waals surface area contributed by atoms with Crippen molar-refractivity contribution in [2.24, 2.45) is 0 Å². The highest BCUT2D eigenvalue weighted by Gasteiger charge is 2.06. The monoisotopic (exact) mass is 167 g/mol. The van der Waals surface area contributed by atoms with Crippen LogP contribution in [0.2, 0.25) is 0 Å². The number of nitrogens with one attached hydrogen (secondary N) is 1. The van der Waals surface area contributed by atoms with E-state index < -0.39 is 5.69 Å². The summed E-state index contributed by atoms with van der Waals surface area (Å²) in [7, 11) is 0. The average Bonchev–Trinajstić information content (AvgIpc) is 2.58. The highest BCUT2D eigenvalue weighted by molar-refractivity contribution is 5.18. The molecule has 2 aromatic rings. The Labute approximate surface area is 66.0 Å². The Morgan fingerprint density at radius 2 is 2.50 bits per heavy atom. The van der Waals surface area contributed by atoms with E-state index in [9.17, 15) is 4.79 Å². The van der Waals surface area contributed by atoms with Crippen LogP contribution in [0.1, 0.15) is 5.76 Å². The van der Waals surface area contributed by atoms with Crippen LogP contribution in [0.3, 0.4) is 0 Å². The summed E-state index contributed by atoms with van der Waals surface area (Å²) in [5.41, 5.74) is -0.441. The summed E-state index contributed by atoms with van der Waals surface area (Å²) in [5, 5.41) is 12.5. The molecule has 0 radical (unpaired) electrons. The number of hydrogen-bond donors (Lipinski definition) is 1. The van der Waals surface area contributed by atoms with Crippen LogP contribution in [0.5, 0.6) is 0 Å². The van der Waals surface area contributed by atoms with Crippen molar-refractivity contribution in [2.45, 2.75) is 6.92 Å². The fraction of sp³-hybridized carbons (Fsp3) is 0.200. The predicted molar refractivity (Wildman–Crippen MR) is 36.8 cm³/mol. The van der Waals surface area contributed by atoms with Gasteiger partial charge in [-0.25, -0.2) is 9.89 Å². The molecule has 0 aliphatic rings. The molecule has 12 heavy (non-hydrogen) atoms. The highest BCUT2D eigenvalue weighted by atomic mass is 16.5.